The van der Waals surface area contributed by atoms with Crippen LogP contribution in [0, 0.1) is 0 Å². The molecule has 250 valence electrons. The number of hydrogen-bond donors (Lipinski definition) is 2. The average molecular weight is 651 g/mol. The number of aryl methyl sites for hydroxylation is 1. The van der Waals surface area contributed by atoms with Gasteiger partial charge in [0.1, 0.15) is 6.54 Å². The number of carbonyl (C=O) groups excluding carboxylic acids is 1. The molecule has 2 rings (SSSR count). The molecule has 2 N–H and O–H groups in total. The van der Waals surface area contributed by atoms with Crippen molar-refractivity contribution in [3.8, 4) is 0 Å². The number of fused-ring (bicyclic) bond motifs is 1. The van der Waals surface area contributed by atoms with Gasteiger partial charge in [0, 0.05) is 49.9 Å². The van der Waals surface area contributed by atoms with Crippen LogP contribution in [0.25, 0.3) is 10.9 Å². The van der Waals surface area contributed by atoms with Crippen LogP contribution < -0.4 is 14.6 Å². The second kappa shape index (κ2) is 24.5. The number of carbonyl (C=O) groups is 1. The van der Waals surface area contributed by atoms with Gasteiger partial charge in [-0.3, -0.25) is 4.79 Å². The zero-order chi connectivity index (χ0) is 31.7. The molecule has 0 fully saturated rings. The van der Waals surface area contributed by atoms with Crippen molar-refractivity contribution in [1.82, 2.24) is 10.0 Å². The van der Waals surface area contributed by atoms with Crippen molar-refractivity contribution in [1.29, 1.82) is 0 Å². The number of methoxy groups -OCH3 is 1. The summed E-state index contributed by atoms with van der Waals surface area (Å²) < 4.78 is 35.3. The third-order valence-corrected chi connectivity index (χ3v) is 10.5. The molecule has 0 radical (unpaired) electrons. The number of para-hydroxylation sites is 1. The number of nitrogens with zero attached hydrogens (tertiary/aromatic N) is 1. The third kappa shape index (κ3) is 18.3. The molecule has 1 amide bonds. The fourth-order valence-electron chi connectivity index (χ4n) is 5.43. The zero-order valence-corrected chi connectivity index (χ0v) is 29.2. The molecule has 2 aromatic rings. The van der Waals surface area contributed by atoms with Crippen molar-refractivity contribution in [3.05, 3.63) is 42.6 Å². The summed E-state index contributed by atoms with van der Waals surface area (Å²) in [6, 6.07) is 12.1. The van der Waals surface area contributed by atoms with Gasteiger partial charge in [-0.15, -0.1) is 0 Å². The van der Waals surface area contributed by atoms with E-state index in [1.54, 1.807) is 7.11 Å². The number of thioether (sulfide) groups is 1. The molecule has 0 aliphatic rings. The van der Waals surface area contributed by atoms with Gasteiger partial charge in [0.2, 0.25) is 15.5 Å². The molecule has 44 heavy (non-hydrogen) atoms. The Morgan fingerprint density at radius 3 is 2.00 bits per heavy atom. The Morgan fingerprint density at radius 1 is 0.818 bits per heavy atom. The Bertz CT molecular complexity index is 1120. The van der Waals surface area contributed by atoms with Crippen LogP contribution in [0.1, 0.15) is 116 Å². The molecule has 0 bridgehead atoms. The minimum absolute atomic E-state index is 0.0343. The maximum Gasteiger partial charge on any atom is 0.279 e. The minimum Gasteiger partial charge on any atom is -0.379 e. The van der Waals surface area contributed by atoms with Gasteiger partial charge in [-0.1, -0.05) is 127 Å². The van der Waals surface area contributed by atoms with Crippen molar-refractivity contribution >= 4 is 37.9 Å². The van der Waals surface area contributed by atoms with E-state index in [9.17, 15) is 13.2 Å². The van der Waals surface area contributed by atoms with Gasteiger partial charge >= 0.3 is 0 Å². The second-order valence-corrected chi connectivity index (χ2v) is 14.9. The fourth-order valence-corrected chi connectivity index (χ4v) is 7.32. The van der Waals surface area contributed by atoms with Crippen LogP contribution in [0.5, 0.6) is 0 Å². The lowest BCUT2D eigenvalue weighted by atomic mass is 10.0. The van der Waals surface area contributed by atoms with Crippen LogP contribution >= 0.6 is 11.8 Å². The molecule has 0 spiro atoms. The summed E-state index contributed by atoms with van der Waals surface area (Å²) in [4.78, 5) is 12.2. The minimum atomic E-state index is -3.44. The molecule has 0 saturated carbocycles. The standard InChI is InChI=1S/C35H59N3O4S2/c1-3-4-5-6-7-8-9-10-11-12-13-14-15-16-17-20-26-36-35(39)43-31-33(42-2)30-37-44(40,41)29-22-28-38-27-21-24-32-23-18-19-25-34(32)38/h18-19,21,23-25,27,33,37H,3-17,20,22,26,28-31H2,1-2H3/p+1. The van der Waals surface area contributed by atoms with Gasteiger partial charge in [-0.05, 0) is 18.6 Å². The fraction of sp³-hybridized carbons (Fsp3) is 0.714. The number of nitrogens with one attached hydrogen (secondary N) is 2. The van der Waals surface area contributed by atoms with Crippen molar-refractivity contribution in [2.45, 2.75) is 129 Å². The van der Waals surface area contributed by atoms with Crippen molar-refractivity contribution in [2.24, 2.45) is 0 Å². The molecule has 0 aliphatic heterocycles. The van der Waals surface area contributed by atoms with Crippen LogP contribution in [-0.2, 0) is 21.3 Å². The first kappa shape index (κ1) is 38.5. The number of aromatic nitrogens is 1. The molecule has 1 atom stereocenters. The van der Waals surface area contributed by atoms with E-state index in [4.69, 9.17) is 4.74 Å². The molecular formula is C35H60N3O4S2+. The Morgan fingerprint density at radius 2 is 1.39 bits per heavy atom. The topological polar surface area (TPSA) is 88.4 Å². The first-order chi connectivity index (χ1) is 21.4. The van der Waals surface area contributed by atoms with Crippen LogP contribution in [-0.4, -0.2) is 51.5 Å². The van der Waals surface area contributed by atoms with E-state index in [0.717, 1.165) is 35.5 Å². The van der Waals surface area contributed by atoms with Crippen LogP contribution in [0.3, 0.4) is 0 Å². The Balaban J connectivity index is 1.43. The number of ether oxygens (including phenoxy) is 1. The van der Waals surface area contributed by atoms with Gasteiger partial charge < -0.3 is 10.1 Å². The summed E-state index contributed by atoms with van der Waals surface area (Å²) >= 11 is 1.15. The van der Waals surface area contributed by atoms with E-state index in [0.29, 0.717) is 25.3 Å². The molecule has 7 nitrogen and oxygen atoms in total. The summed E-state index contributed by atoms with van der Waals surface area (Å²) in [5.74, 6) is 0.433. The highest BCUT2D eigenvalue weighted by atomic mass is 32.2. The highest BCUT2D eigenvalue weighted by Gasteiger charge is 2.17. The zero-order valence-electron chi connectivity index (χ0n) is 27.6. The highest BCUT2D eigenvalue weighted by molar-refractivity contribution is 8.13. The Kier molecular flexibility index (Phi) is 21.5. The smallest absolute Gasteiger partial charge is 0.279 e. The monoisotopic (exact) mass is 650 g/mol. The lowest BCUT2D eigenvalue weighted by Gasteiger charge is -2.15. The van der Waals surface area contributed by atoms with Gasteiger partial charge in [-0.2, -0.15) is 4.57 Å². The number of unbranched alkanes of at least 4 members (excludes halogenated alkanes) is 15. The van der Waals surface area contributed by atoms with Crippen LogP contribution in [0.15, 0.2) is 42.6 Å². The van der Waals surface area contributed by atoms with Crippen LogP contribution in [0.4, 0.5) is 4.79 Å². The molecule has 0 aliphatic carbocycles. The van der Waals surface area contributed by atoms with Crippen molar-refractivity contribution < 1.29 is 22.5 Å². The quantitative estimate of drug-likeness (QED) is 0.0753. The van der Waals surface area contributed by atoms with E-state index in [1.165, 1.54) is 89.9 Å². The number of pyridine rings is 1. The van der Waals surface area contributed by atoms with E-state index in [2.05, 4.69) is 33.7 Å². The summed E-state index contributed by atoms with van der Waals surface area (Å²) in [5.41, 5.74) is 1.09. The normalized spacial score (nSPS) is 12.5. The first-order valence-electron chi connectivity index (χ1n) is 17.2. The van der Waals surface area contributed by atoms with Crippen molar-refractivity contribution in [3.63, 3.8) is 0 Å². The summed E-state index contributed by atoms with van der Waals surface area (Å²) in [6.45, 7) is 3.73. The first-order valence-corrected chi connectivity index (χ1v) is 19.9. The maximum absolute atomic E-state index is 12.6. The summed E-state index contributed by atoms with van der Waals surface area (Å²) in [7, 11) is -1.89. The second-order valence-electron chi connectivity index (χ2n) is 12.0. The lowest BCUT2D eigenvalue weighted by Crippen LogP contribution is -2.38. The molecular weight excluding hydrogens is 591 g/mol. The number of benzene rings is 1. The average Bonchev–Trinajstić information content (AvgIpc) is 3.02. The molecule has 9 heteroatoms. The maximum atomic E-state index is 12.6. The molecule has 1 aromatic heterocycles. The van der Waals surface area contributed by atoms with Gasteiger partial charge in [-0.25, -0.2) is 13.1 Å². The molecule has 0 saturated heterocycles. The number of rotatable bonds is 27. The Hall–Kier alpha value is -1.68. The van der Waals surface area contributed by atoms with Crippen LogP contribution in [0.2, 0.25) is 0 Å². The lowest BCUT2D eigenvalue weighted by molar-refractivity contribution is -0.671. The highest BCUT2D eigenvalue weighted by Crippen LogP contribution is 2.14. The van der Waals surface area contributed by atoms with Crippen molar-refractivity contribution in [2.75, 3.05) is 31.7 Å². The molecule has 1 aromatic carbocycles. The summed E-state index contributed by atoms with van der Waals surface area (Å²) in [5, 5.41) is 4.02. The number of sulfonamides is 1. The molecule has 1 heterocycles. The predicted molar refractivity (Wildman–Crippen MR) is 187 cm³/mol. The Labute approximate surface area is 272 Å². The van der Waals surface area contributed by atoms with Gasteiger partial charge in [0.05, 0.1) is 11.9 Å². The van der Waals surface area contributed by atoms with E-state index >= 15 is 0 Å². The SMILES string of the molecule is CCCCCCCCCCCCCCCCCCNC(=O)SCC(CNS(=O)(=O)CCC[n+]1cccc2ccccc21)OC. The third-order valence-electron chi connectivity index (χ3n) is 8.16. The largest absolute Gasteiger partial charge is 0.379 e. The van der Waals surface area contributed by atoms with Gasteiger partial charge in [0.25, 0.3) is 5.24 Å². The van der Waals surface area contributed by atoms with E-state index in [-0.39, 0.29) is 23.6 Å². The predicted octanol–water partition coefficient (Wildman–Crippen LogP) is 8.16. The van der Waals surface area contributed by atoms with E-state index < -0.39 is 10.0 Å². The number of amides is 1. The van der Waals surface area contributed by atoms with Gasteiger partial charge in [0.15, 0.2) is 6.20 Å². The van der Waals surface area contributed by atoms with E-state index in [1.807, 2.05) is 30.5 Å². The number of hydrogen-bond acceptors (Lipinski definition) is 5. The molecule has 1 unspecified atom stereocenters. The summed E-state index contributed by atoms with van der Waals surface area (Å²) in [6.07, 6.45) is 23.4.